The second-order valence-corrected chi connectivity index (χ2v) is 7.41. The topological polar surface area (TPSA) is 72.5 Å². The molecule has 0 aliphatic heterocycles. The molecule has 26 heavy (non-hydrogen) atoms. The fraction of sp³-hybridized carbons (Fsp3) is 0.316. The molecule has 0 aliphatic rings. The minimum atomic E-state index is -0.945. The van der Waals surface area contributed by atoms with Crippen LogP contribution in [-0.2, 0) is 20.7 Å². The van der Waals surface area contributed by atoms with Gasteiger partial charge in [0.1, 0.15) is 0 Å². The Hall–Kier alpha value is -2.18. The summed E-state index contributed by atoms with van der Waals surface area (Å²) < 4.78 is 5.62. The summed E-state index contributed by atoms with van der Waals surface area (Å²) in [7, 11) is 0. The number of carbonyl (C=O) groups excluding carboxylic acids is 3. The summed E-state index contributed by atoms with van der Waals surface area (Å²) in [6, 6.07) is 10.7. The molecule has 5 nitrogen and oxygen atoms in total. The molecule has 1 aromatic heterocycles. The monoisotopic (exact) mass is 393 g/mol. The highest BCUT2D eigenvalue weighted by molar-refractivity contribution is 7.18. The highest BCUT2D eigenvalue weighted by Crippen LogP contribution is 2.23. The van der Waals surface area contributed by atoms with Crippen molar-refractivity contribution >= 4 is 46.3 Å². The second-order valence-electron chi connectivity index (χ2n) is 5.70. The van der Waals surface area contributed by atoms with E-state index in [4.69, 9.17) is 16.3 Å². The Morgan fingerprint density at radius 1 is 1.12 bits per heavy atom. The summed E-state index contributed by atoms with van der Waals surface area (Å²) >= 11 is 6.95. The van der Waals surface area contributed by atoms with Crippen LogP contribution in [0.5, 0.6) is 0 Å². The van der Waals surface area contributed by atoms with Gasteiger partial charge in [-0.3, -0.25) is 14.4 Å². The Kier molecular flexibility index (Phi) is 7.36. The van der Waals surface area contributed by atoms with E-state index in [1.165, 1.54) is 23.8 Å². The molecule has 0 unspecified atom stereocenters. The minimum Gasteiger partial charge on any atom is -0.453 e. The van der Waals surface area contributed by atoms with Crippen molar-refractivity contribution in [2.45, 2.75) is 39.2 Å². The summed E-state index contributed by atoms with van der Waals surface area (Å²) in [6.45, 7) is 3.54. The molecule has 0 saturated heterocycles. The van der Waals surface area contributed by atoms with Crippen LogP contribution >= 0.6 is 22.9 Å². The number of esters is 1. The number of nitrogens with one attached hydrogen (secondary N) is 1. The van der Waals surface area contributed by atoms with Gasteiger partial charge in [-0.15, -0.1) is 11.3 Å². The Bertz CT molecular complexity index is 785. The van der Waals surface area contributed by atoms with E-state index in [-0.39, 0.29) is 18.6 Å². The van der Waals surface area contributed by atoms with Gasteiger partial charge in [0.2, 0.25) is 0 Å². The lowest BCUT2D eigenvalue weighted by atomic mass is 10.1. The number of Topliss-reactive ketones (excluding diaryl/α,β-unsaturated/α-hetero) is 1. The predicted molar refractivity (Wildman–Crippen MR) is 103 cm³/mol. The molecular formula is C19H20ClNO4S. The van der Waals surface area contributed by atoms with Crippen molar-refractivity contribution in [3.05, 3.63) is 51.2 Å². The van der Waals surface area contributed by atoms with Crippen molar-refractivity contribution in [1.82, 2.24) is 0 Å². The first kappa shape index (κ1) is 20.1. The van der Waals surface area contributed by atoms with Crippen LogP contribution < -0.4 is 5.32 Å². The maximum absolute atomic E-state index is 12.1. The van der Waals surface area contributed by atoms with Crippen LogP contribution in [0.1, 0.15) is 41.9 Å². The van der Waals surface area contributed by atoms with E-state index in [9.17, 15) is 14.4 Å². The summed E-state index contributed by atoms with van der Waals surface area (Å²) in [6.07, 6.45) is -0.0992. The molecular weight excluding hydrogens is 374 g/mol. The molecule has 0 radical (unpaired) electrons. The quantitative estimate of drug-likeness (QED) is 0.529. The average molecular weight is 394 g/mol. The molecule has 1 heterocycles. The maximum atomic E-state index is 12.1. The van der Waals surface area contributed by atoms with Crippen molar-refractivity contribution in [2.24, 2.45) is 0 Å². The standard InChI is InChI=1S/C19H20ClNO4S/c1-3-13-4-6-14(7-5-13)21-19(24)12(2)25-18(23)11-8-15(22)16-9-10-17(20)26-16/h4-7,9-10,12H,3,8,11H2,1-2H3,(H,21,24)/t12-/m0/s1. The number of amides is 1. The average Bonchev–Trinajstić information content (AvgIpc) is 3.06. The Balaban J connectivity index is 1.78. The van der Waals surface area contributed by atoms with Crippen LogP contribution in [0, 0.1) is 0 Å². The van der Waals surface area contributed by atoms with Gasteiger partial charge < -0.3 is 10.1 Å². The van der Waals surface area contributed by atoms with E-state index in [0.29, 0.717) is 14.9 Å². The first-order valence-corrected chi connectivity index (χ1v) is 9.46. The molecule has 1 N–H and O–H groups in total. The fourth-order valence-electron chi connectivity index (χ4n) is 2.18. The van der Waals surface area contributed by atoms with Gasteiger partial charge in [0.15, 0.2) is 11.9 Å². The number of hydrogen-bond donors (Lipinski definition) is 1. The van der Waals surface area contributed by atoms with Crippen molar-refractivity contribution in [2.75, 3.05) is 5.32 Å². The minimum absolute atomic E-state index is 0.0164. The first-order chi connectivity index (χ1) is 12.4. The van der Waals surface area contributed by atoms with E-state index in [0.717, 1.165) is 6.42 Å². The highest BCUT2D eigenvalue weighted by atomic mass is 35.5. The van der Waals surface area contributed by atoms with E-state index in [1.54, 1.807) is 24.3 Å². The van der Waals surface area contributed by atoms with Gasteiger partial charge >= 0.3 is 5.97 Å². The molecule has 1 atom stereocenters. The zero-order valence-corrected chi connectivity index (χ0v) is 16.2. The third-order valence-electron chi connectivity index (χ3n) is 3.71. The van der Waals surface area contributed by atoms with Gasteiger partial charge in [-0.2, -0.15) is 0 Å². The number of halogens is 1. The first-order valence-electron chi connectivity index (χ1n) is 8.27. The normalized spacial score (nSPS) is 11.7. The molecule has 0 saturated carbocycles. The van der Waals surface area contributed by atoms with Crippen molar-refractivity contribution in [3.63, 3.8) is 0 Å². The van der Waals surface area contributed by atoms with Crippen molar-refractivity contribution in [1.29, 1.82) is 0 Å². The lowest BCUT2D eigenvalue weighted by Crippen LogP contribution is -2.30. The Morgan fingerprint density at radius 2 is 1.81 bits per heavy atom. The van der Waals surface area contributed by atoms with Gasteiger partial charge in [0, 0.05) is 12.1 Å². The molecule has 2 aromatic rings. The van der Waals surface area contributed by atoms with Gasteiger partial charge in [0.05, 0.1) is 15.6 Å². The molecule has 1 amide bonds. The molecule has 0 fully saturated rings. The van der Waals surface area contributed by atoms with Crippen LogP contribution in [0.3, 0.4) is 0 Å². The zero-order chi connectivity index (χ0) is 19.1. The van der Waals surface area contributed by atoms with E-state index in [1.807, 2.05) is 19.1 Å². The summed E-state index contributed by atoms with van der Waals surface area (Å²) in [5.74, 6) is -1.18. The number of hydrogen-bond acceptors (Lipinski definition) is 5. The lowest BCUT2D eigenvalue weighted by molar-refractivity contribution is -0.153. The maximum Gasteiger partial charge on any atom is 0.307 e. The zero-order valence-electron chi connectivity index (χ0n) is 14.6. The fourth-order valence-corrected chi connectivity index (χ4v) is 3.19. The largest absolute Gasteiger partial charge is 0.453 e. The predicted octanol–water partition coefficient (Wildman–Crippen LogP) is 4.50. The van der Waals surface area contributed by atoms with Crippen LogP contribution in [0.15, 0.2) is 36.4 Å². The molecule has 0 aliphatic carbocycles. The van der Waals surface area contributed by atoms with E-state index in [2.05, 4.69) is 5.32 Å². The highest BCUT2D eigenvalue weighted by Gasteiger charge is 2.19. The van der Waals surface area contributed by atoms with Crippen LogP contribution in [0.25, 0.3) is 0 Å². The number of anilines is 1. The van der Waals surface area contributed by atoms with Gasteiger partial charge in [-0.05, 0) is 43.2 Å². The molecule has 7 heteroatoms. The third kappa shape index (κ3) is 5.97. The molecule has 2 rings (SSSR count). The van der Waals surface area contributed by atoms with E-state index >= 15 is 0 Å². The number of carbonyl (C=O) groups is 3. The van der Waals surface area contributed by atoms with Crippen LogP contribution in [0.2, 0.25) is 4.34 Å². The summed E-state index contributed by atoms with van der Waals surface area (Å²) in [5.41, 5.74) is 1.80. The van der Waals surface area contributed by atoms with Gasteiger partial charge in [-0.1, -0.05) is 30.7 Å². The SMILES string of the molecule is CCc1ccc(NC(=O)[C@H](C)OC(=O)CCC(=O)c2ccc(Cl)s2)cc1. The lowest BCUT2D eigenvalue weighted by Gasteiger charge is -2.13. The Labute approximate surface area is 161 Å². The van der Waals surface area contributed by atoms with Gasteiger partial charge in [0.25, 0.3) is 5.91 Å². The molecule has 1 aromatic carbocycles. The summed E-state index contributed by atoms with van der Waals surface area (Å²) in [4.78, 5) is 36.4. The van der Waals surface area contributed by atoms with Crippen LogP contribution in [0.4, 0.5) is 5.69 Å². The van der Waals surface area contributed by atoms with Crippen molar-refractivity contribution < 1.29 is 19.1 Å². The number of ketones is 1. The smallest absolute Gasteiger partial charge is 0.307 e. The number of benzene rings is 1. The molecule has 138 valence electrons. The van der Waals surface area contributed by atoms with Crippen molar-refractivity contribution in [3.8, 4) is 0 Å². The Morgan fingerprint density at radius 3 is 2.38 bits per heavy atom. The van der Waals surface area contributed by atoms with E-state index < -0.39 is 18.0 Å². The second kappa shape index (κ2) is 9.50. The molecule has 0 bridgehead atoms. The molecule has 0 spiro atoms. The number of rotatable bonds is 8. The third-order valence-corrected chi connectivity index (χ3v) is 4.98. The number of thiophene rings is 1. The van der Waals surface area contributed by atoms with Crippen LogP contribution in [-0.4, -0.2) is 23.8 Å². The van der Waals surface area contributed by atoms with Gasteiger partial charge in [-0.25, -0.2) is 0 Å². The number of aryl methyl sites for hydroxylation is 1. The summed E-state index contributed by atoms with van der Waals surface area (Å²) in [5, 5.41) is 2.70. The number of ether oxygens (including phenoxy) is 1.